The minimum atomic E-state index is -0.916. The van der Waals surface area contributed by atoms with Crippen LogP contribution in [0.1, 0.15) is 49.2 Å². The third-order valence-electron chi connectivity index (χ3n) is 3.50. The number of nitrogens with one attached hydrogen (secondary N) is 1. The summed E-state index contributed by atoms with van der Waals surface area (Å²) in [4.78, 5) is 11.2. The van der Waals surface area contributed by atoms with Gasteiger partial charge in [0.05, 0.1) is 5.69 Å². The molecule has 0 aliphatic carbocycles. The van der Waals surface area contributed by atoms with E-state index in [4.69, 9.17) is 0 Å². The molecule has 2 atom stereocenters. The van der Waals surface area contributed by atoms with E-state index < -0.39 is 5.97 Å². The Morgan fingerprint density at radius 2 is 2.06 bits per heavy atom. The van der Waals surface area contributed by atoms with E-state index in [1.807, 2.05) is 0 Å². The van der Waals surface area contributed by atoms with Crippen LogP contribution in [0.15, 0.2) is 0 Å². The molecule has 100 valence electrons. The maximum Gasteiger partial charge on any atom is 0.340 e. The number of rotatable bonds is 3. The Balaban J connectivity index is 2.20. The number of anilines is 1. The predicted molar refractivity (Wildman–Crippen MR) is 72.0 cm³/mol. The summed E-state index contributed by atoms with van der Waals surface area (Å²) in [5.41, 5.74) is 4.13. The molecule has 0 spiro atoms. The molecule has 0 aromatic carbocycles. The van der Waals surface area contributed by atoms with Gasteiger partial charge in [0.2, 0.25) is 0 Å². The van der Waals surface area contributed by atoms with Gasteiger partial charge in [0.1, 0.15) is 10.6 Å². The predicted octanol–water partition coefficient (Wildman–Crippen LogP) is 2.74. The van der Waals surface area contributed by atoms with Crippen molar-refractivity contribution in [1.82, 2.24) is 9.38 Å². The van der Waals surface area contributed by atoms with E-state index >= 15 is 0 Å². The molecular formula is C12H19N3O2S. The van der Waals surface area contributed by atoms with E-state index in [9.17, 15) is 9.90 Å². The Kier molecular flexibility index (Phi) is 3.87. The molecule has 1 fully saturated rings. The van der Waals surface area contributed by atoms with Crippen LogP contribution in [0.2, 0.25) is 0 Å². The second-order valence-electron chi connectivity index (χ2n) is 4.93. The highest BCUT2D eigenvalue weighted by molar-refractivity contribution is 7.10. The number of aromatic nitrogens is 1. The van der Waals surface area contributed by atoms with Gasteiger partial charge in [0.15, 0.2) is 0 Å². The van der Waals surface area contributed by atoms with Gasteiger partial charge >= 0.3 is 5.97 Å². The summed E-state index contributed by atoms with van der Waals surface area (Å²) in [6, 6.07) is 0.829. The molecule has 1 aromatic heterocycles. The van der Waals surface area contributed by atoms with Gasteiger partial charge in [-0.2, -0.15) is 4.37 Å². The van der Waals surface area contributed by atoms with E-state index in [1.165, 1.54) is 18.0 Å². The molecule has 2 heterocycles. The lowest BCUT2D eigenvalue weighted by molar-refractivity contribution is 0.0695. The summed E-state index contributed by atoms with van der Waals surface area (Å²) >= 11 is 1.22. The molecule has 0 radical (unpaired) electrons. The second-order valence-corrected chi connectivity index (χ2v) is 5.70. The average molecular weight is 269 g/mol. The quantitative estimate of drug-likeness (QED) is 0.883. The molecule has 2 unspecified atom stereocenters. The Hall–Kier alpha value is -1.14. The maximum atomic E-state index is 11.2. The number of hydrogen-bond donors (Lipinski definition) is 2. The van der Waals surface area contributed by atoms with Crippen molar-refractivity contribution in [3.63, 3.8) is 0 Å². The SMILES string of the molecule is Cc1nsc(NN2C(C)CCCC2C)c1C(=O)O. The van der Waals surface area contributed by atoms with Gasteiger partial charge in [-0.25, -0.2) is 9.80 Å². The fourth-order valence-corrected chi connectivity index (χ4v) is 3.25. The zero-order valence-corrected chi connectivity index (χ0v) is 11.8. The van der Waals surface area contributed by atoms with Crippen LogP contribution < -0.4 is 5.43 Å². The summed E-state index contributed by atoms with van der Waals surface area (Å²) in [6.45, 7) is 6.06. The fourth-order valence-electron chi connectivity index (χ4n) is 2.46. The van der Waals surface area contributed by atoms with Crippen LogP contribution in [0.25, 0.3) is 0 Å². The summed E-state index contributed by atoms with van der Waals surface area (Å²) in [5, 5.41) is 12.0. The van der Waals surface area contributed by atoms with E-state index in [1.54, 1.807) is 6.92 Å². The first-order valence-electron chi connectivity index (χ1n) is 6.25. The van der Waals surface area contributed by atoms with Crippen molar-refractivity contribution in [1.29, 1.82) is 0 Å². The monoisotopic (exact) mass is 269 g/mol. The highest BCUT2D eigenvalue weighted by Gasteiger charge is 2.27. The van der Waals surface area contributed by atoms with Gasteiger partial charge in [-0.05, 0) is 45.1 Å². The number of nitrogens with zero attached hydrogens (tertiary/aromatic N) is 2. The van der Waals surface area contributed by atoms with Crippen LogP contribution in [0.4, 0.5) is 5.00 Å². The number of carbonyl (C=O) groups is 1. The number of aromatic carboxylic acids is 1. The summed E-state index contributed by atoms with van der Waals surface area (Å²) in [5.74, 6) is -0.916. The molecule has 1 aromatic rings. The van der Waals surface area contributed by atoms with Gasteiger partial charge in [-0.3, -0.25) is 0 Å². The number of hydrogen-bond acceptors (Lipinski definition) is 5. The van der Waals surface area contributed by atoms with Crippen LogP contribution in [0, 0.1) is 6.92 Å². The molecule has 1 aliphatic heterocycles. The van der Waals surface area contributed by atoms with Gasteiger partial charge in [0.25, 0.3) is 0 Å². The smallest absolute Gasteiger partial charge is 0.340 e. The lowest BCUT2D eigenvalue weighted by Crippen LogP contribution is -2.47. The molecule has 2 N–H and O–H groups in total. The largest absolute Gasteiger partial charge is 0.478 e. The van der Waals surface area contributed by atoms with Gasteiger partial charge < -0.3 is 10.5 Å². The van der Waals surface area contributed by atoms with Crippen LogP contribution in [-0.4, -0.2) is 32.5 Å². The molecule has 1 aliphatic rings. The Bertz CT molecular complexity index is 437. The van der Waals surface area contributed by atoms with Crippen molar-refractivity contribution in [2.75, 3.05) is 5.43 Å². The van der Waals surface area contributed by atoms with Crippen molar-refractivity contribution >= 4 is 22.5 Å². The van der Waals surface area contributed by atoms with Crippen LogP contribution in [0.3, 0.4) is 0 Å². The number of hydrazine groups is 1. The molecule has 1 saturated heterocycles. The first-order chi connectivity index (χ1) is 8.50. The number of aryl methyl sites for hydroxylation is 1. The molecule has 0 bridgehead atoms. The number of carboxylic acid groups (broad SMARTS) is 1. The lowest BCUT2D eigenvalue weighted by Gasteiger charge is -2.39. The number of piperidine rings is 1. The zero-order chi connectivity index (χ0) is 13.3. The fraction of sp³-hybridized carbons (Fsp3) is 0.667. The molecule has 2 rings (SSSR count). The third kappa shape index (κ3) is 2.49. The molecule has 0 amide bonds. The third-order valence-corrected chi connectivity index (χ3v) is 4.34. The topological polar surface area (TPSA) is 65.5 Å². The van der Waals surface area contributed by atoms with Crippen LogP contribution in [0.5, 0.6) is 0 Å². The highest BCUT2D eigenvalue weighted by Crippen LogP contribution is 2.29. The average Bonchev–Trinajstić information content (AvgIpc) is 2.65. The minimum absolute atomic E-state index is 0.296. The van der Waals surface area contributed by atoms with E-state index in [0.717, 1.165) is 12.8 Å². The summed E-state index contributed by atoms with van der Waals surface area (Å²) in [6.07, 6.45) is 3.50. The Morgan fingerprint density at radius 3 is 2.61 bits per heavy atom. The van der Waals surface area contributed by atoms with Crippen molar-refractivity contribution < 1.29 is 9.90 Å². The minimum Gasteiger partial charge on any atom is -0.478 e. The van der Waals surface area contributed by atoms with Crippen LogP contribution in [-0.2, 0) is 0 Å². The highest BCUT2D eigenvalue weighted by atomic mass is 32.1. The normalized spacial score (nSPS) is 25.1. The lowest BCUT2D eigenvalue weighted by atomic mass is 10.00. The van der Waals surface area contributed by atoms with Gasteiger partial charge in [-0.15, -0.1) is 0 Å². The maximum absolute atomic E-state index is 11.2. The number of carboxylic acids is 1. The van der Waals surface area contributed by atoms with Gasteiger partial charge in [0, 0.05) is 12.1 Å². The van der Waals surface area contributed by atoms with Crippen LogP contribution >= 0.6 is 11.5 Å². The summed E-state index contributed by atoms with van der Waals surface area (Å²) in [7, 11) is 0. The standard InChI is InChI=1S/C12H19N3O2S/c1-7-5-4-6-8(2)15(7)13-11-10(12(16)17)9(3)14-18-11/h7-8,13H,4-6H2,1-3H3,(H,16,17). The van der Waals surface area contributed by atoms with E-state index in [0.29, 0.717) is 28.3 Å². The van der Waals surface area contributed by atoms with E-state index in [2.05, 4.69) is 28.7 Å². The van der Waals surface area contributed by atoms with Crippen molar-refractivity contribution in [2.45, 2.75) is 52.1 Å². The molecular weight excluding hydrogens is 250 g/mol. The molecule has 18 heavy (non-hydrogen) atoms. The van der Waals surface area contributed by atoms with E-state index in [-0.39, 0.29) is 0 Å². The molecule has 6 heteroatoms. The first-order valence-corrected chi connectivity index (χ1v) is 7.02. The Labute approximate surface area is 111 Å². The van der Waals surface area contributed by atoms with Crippen molar-refractivity contribution in [2.24, 2.45) is 0 Å². The van der Waals surface area contributed by atoms with Gasteiger partial charge in [-0.1, -0.05) is 6.42 Å². The Morgan fingerprint density at radius 1 is 1.44 bits per heavy atom. The molecule has 0 saturated carbocycles. The second kappa shape index (κ2) is 5.24. The summed E-state index contributed by atoms with van der Waals surface area (Å²) < 4.78 is 4.13. The zero-order valence-electron chi connectivity index (χ0n) is 10.9. The van der Waals surface area contributed by atoms with Crippen molar-refractivity contribution in [3.8, 4) is 0 Å². The molecule has 5 nitrogen and oxygen atoms in total. The van der Waals surface area contributed by atoms with Crippen molar-refractivity contribution in [3.05, 3.63) is 11.3 Å². The first kappa shape index (κ1) is 13.3.